The summed E-state index contributed by atoms with van der Waals surface area (Å²) in [4.78, 5) is 0. The van der Waals surface area contributed by atoms with Crippen molar-refractivity contribution in [3.63, 3.8) is 0 Å². The van der Waals surface area contributed by atoms with Crippen LogP contribution in [0.1, 0.15) is 6.42 Å². The lowest BCUT2D eigenvalue weighted by Gasteiger charge is -2.14. The molecule has 1 aliphatic heterocycles. The van der Waals surface area contributed by atoms with Crippen LogP contribution in [0.15, 0.2) is 12.7 Å². The number of nitrogens with two attached hydrogens (primary N) is 1. The molecule has 0 radical (unpaired) electrons. The van der Waals surface area contributed by atoms with Gasteiger partial charge in [0.1, 0.15) is 0 Å². The lowest BCUT2D eigenvalue weighted by molar-refractivity contribution is 0.186. The van der Waals surface area contributed by atoms with Gasteiger partial charge in [-0.3, -0.25) is 0 Å². The molecule has 1 heterocycles. The Bertz CT molecular complexity index is 94.7. The van der Waals surface area contributed by atoms with E-state index in [2.05, 4.69) is 6.58 Å². The van der Waals surface area contributed by atoms with Gasteiger partial charge in [-0.2, -0.15) is 0 Å². The molecule has 2 heteroatoms. The average Bonchev–Trinajstić information content (AvgIpc) is 2.17. The first-order valence-corrected chi connectivity index (χ1v) is 2.77. The van der Waals surface area contributed by atoms with Gasteiger partial charge in [-0.25, -0.2) is 0 Å². The van der Waals surface area contributed by atoms with E-state index in [1.165, 1.54) is 0 Å². The molecule has 0 aromatic heterocycles. The Labute approximate surface area is 49.3 Å². The first-order valence-electron chi connectivity index (χ1n) is 2.77. The van der Waals surface area contributed by atoms with E-state index in [0.717, 1.165) is 13.0 Å². The molecule has 1 atom stereocenters. The second-order valence-electron chi connectivity index (χ2n) is 2.24. The van der Waals surface area contributed by atoms with Crippen molar-refractivity contribution < 1.29 is 4.74 Å². The van der Waals surface area contributed by atoms with Gasteiger partial charge in [0, 0.05) is 6.61 Å². The highest BCUT2D eigenvalue weighted by Crippen LogP contribution is 2.15. The van der Waals surface area contributed by atoms with Crippen LogP contribution < -0.4 is 5.73 Å². The van der Waals surface area contributed by atoms with E-state index in [1.807, 2.05) is 0 Å². The highest BCUT2D eigenvalue weighted by atomic mass is 16.5. The van der Waals surface area contributed by atoms with Crippen molar-refractivity contribution in [2.24, 2.45) is 5.73 Å². The van der Waals surface area contributed by atoms with Gasteiger partial charge in [-0.1, -0.05) is 6.08 Å². The topological polar surface area (TPSA) is 35.2 Å². The summed E-state index contributed by atoms with van der Waals surface area (Å²) in [7, 11) is 0. The van der Waals surface area contributed by atoms with Gasteiger partial charge in [0.2, 0.25) is 0 Å². The molecule has 0 saturated carbocycles. The van der Waals surface area contributed by atoms with Gasteiger partial charge in [0.25, 0.3) is 0 Å². The molecular weight excluding hydrogens is 102 g/mol. The molecule has 0 amide bonds. The first-order chi connectivity index (χ1) is 3.77. The van der Waals surface area contributed by atoms with Gasteiger partial charge in [-0.15, -0.1) is 6.58 Å². The fourth-order valence-corrected chi connectivity index (χ4v) is 0.758. The third-order valence-electron chi connectivity index (χ3n) is 1.49. The van der Waals surface area contributed by atoms with Gasteiger partial charge in [-0.05, 0) is 6.42 Å². The van der Waals surface area contributed by atoms with Crippen molar-refractivity contribution in [1.29, 1.82) is 0 Å². The molecule has 0 spiro atoms. The Balaban J connectivity index is 2.52. The van der Waals surface area contributed by atoms with E-state index in [9.17, 15) is 0 Å². The molecule has 0 aromatic carbocycles. The van der Waals surface area contributed by atoms with Crippen molar-refractivity contribution in [1.82, 2.24) is 0 Å². The summed E-state index contributed by atoms with van der Waals surface area (Å²) in [5, 5.41) is 0. The predicted octanol–water partition coefficient (Wildman–Crippen LogP) is 0.290. The molecule has 1 rings (SSSR count). The maximum atomic E-state index is 5.72. The summed E-state index contributed by atoms with van der Waals surface area (Å²) in [6.07, 6.45) is 2.68. The Morgan fingerprint density at radius 3 is 2.75 bits per heavy atom. The molecule has 2 nitrogen and oxygen atoms in total. The average molecular weight is 113 g/mol. The number of hydrogen-bond donors (Lipinski definition) is 1. The van der Waals surface area contributed by atoms with Crippen molar-refractivity contribution >= 4 is 0 Å². The summed E-state index contributed by atoms with van der Waals surface area (Å²) < 4.78 is 5.05. The standard InChI is InChI=1S/C6H11NO/c1-2-6(7)3-4-8-5-6/h2H,1,3-5,7H2. The summed E-state index contributed by atoms with van der Waals surface area (Å²) >= 11 is 0. The molecular formula is C6H11NO. The first kappa shape index (κ1) is 5.79. The fourth-order valence-electron chi connectivity index (χ4n) is 0.758. The number of hydrogen-bond acceptors (Lipinski definition) is 2. The van der Waals surface area contributed by atoms with Crippen LogP contribution in [0.4, 0.5) is 0 Å². The quantitative estimate of drug-likeness (QED) is 0.496. The van der Waals surface area contributed by atoms with E-state index in [1.54, 1.807) is 6.08 Å². The van der Waals surface area contributed by atoms with E-state index >= 15 is 0 Å². The maximum absolute atomic E-state index is 5.72. The maximum Gasteiger partial charge on any atom is 0.0682 e. The van der Waals surface area contributed by atoms with Gasteiger partial charge >= 0.3 is 0 Å². The third-order valence-corrected chi connectivity index (χ3v) is 1.49. The van der Waals surface area contributed by atoms with E-state index in [0.29, 0.717) is 6.61 Å². The molecule has 1 fully saturated rings. The minimum atomic E-state index is -0.222. The molecule has 0 aliphatic carbocycles. The van der Waals surface area contributed by atoms with Crippen molar-refractivity contribution in [2.75, 3.05) is 13.2 Å². The molecule has 46 valence electrons. The second kappa shape index (κ2) is 1.88. The minimum absolute atomic E-state index is 0.222. The van der Waals surface area contributed by atoms with Crippen molar-refractivity contribution in [3.8, 4) is 0 Å². The summed E-state index contributed by atoms with van der Waals surface area (Å²) in [5.41, 5.74) is 5.49. The van der Waals surface area contributed by atoms with Crippen LogP contribution in [0.5, 0.6) is 0 Å². The predicted molar refractivity (Wildman–Crippen MR) is 32.6 cm³/mol. The molecule has 1 unspecified atom stereocenters. The van der Waals surface area contributed by atoms with Crippen LogP contribution in [0.25, 0.3) is 0 Å². The van der Waals surface area contributed by atoms with Crippen LogP contribution in [0.2, 0.25) is 0 Å². The zero-order valence-electron chi connectivity index (χ0n) is 4.89. The SMILES string of the molecule is C=CC1(N)CCOC1. The van der Waals surface area contributed by atoms with Crippen LogP contribution in [0, 0.1) is 0 Å². The molecule has 2 N–H and O–H groups in total. The normalized spacial score (nSPS) is 37.6. The molecule has 1 saturated heterocycles. The lowest BCUT2D eigenvalue weighted by atomic mass is 10.0. The summed E-state index contributed by atoms with van der Waals surface area (Å²) in [6.45, 7) is 5.03. The van der Waals surface area contributed by atoms with E-state index in [-0.39, 0.29) is 5.54 Å². The summed E-state index contributed by atoms with van der Waals surface area (Å²) in [6, 6.07) is 0. The monoisotopic (exact) mass is 113 g/mol. The van der Waals surface area contributed by atoms with E-state index < -0.39 is 0 Å². The van der Waals surface area contributed by atoms with Crippen molar-refractivity contribution in [3.05, 3.63) is 12.7 Å². The third kappa shape index (κ3) is 0.904. The zero-order valence-corrected chi connectivity index (χ0v) is 4.89. The summed E-state index contributed by atoms with van der Waals surface area (Å²) in [5.74, 6) is 0. The Morgan fingerprint density at radius 1 is 1.75 bits per heavy atom. The molecule has 1 aliphatic rings. The highest BCUT2D eigenvalue weighted by Gasteiger charge is 2.25. The fraction of sp³-hybridized carbons (Fsp3) is 0.667. The molecule has 8 heavy (non-hydrogen) atoms. The molecule has 0 bridgehead atoms. The Kier molecular flexibility index (Phi) is 1.36. The number of rotatable bonds is 1. The Morgan fingerprint density at radius 2 is 2.50 bits per heavy atom. The number of ether oxygens (including phenoxy) is 1. The van der Waals surface area contributed by atoms with Gasteiger partial charge in [0.05, 0.1) is 12.1 Å². The van der Waals surface area contributed by atoms with Crippen molar-refractivity contribution in [2.45, 2.75) is 12.0 Å². The van der Waals surface area contributed by atoms with Crippen LogP contribution in [0.3, 0.4) is 0 Å². The van der Waals surface area contributed by atoms with Gasteiger partial charge in [0.15, 0.2) is 0 Å². The van der Waals surface area contributed by atoms with Crippen LogP contribution in [-0.4, -0.2) is 18.8 Å². The zero-order chi connectivity index (χ0) is 6.04. The molecule has 0 aromatic rings. The van der Waals surface area contributed by atoms with Gasteiger partial charge < -0.3 is 10.5 Å². The Hall–Kier alpha value is -0.340. The lowest BCUT2D eigenvalue weighted by Crippen LogP contribution is -2.37. The van der Waals surface area contributed by atoms with E-state index in [4.69, 9.17) is 10.5 Å². The smallest absolute Gasteiger partial charge is 0.0682 e. The van der Waals surface area contributed by atoms with Crippen LogP contribution >= 0.6 is 0 Å². The van der Waals surface area contributed by atoms with Crippen LogP contribution in [-0.2, 0) is 4.74 Å². The largest absolute Gasteiger partial charge is 0.379 e. The highest BCUT2D eigenvalue weighted by molar-refractivity contribution is 5.02. The minimum Gasteiger partial charge on any atom is -0.379 e. The second-order valence-corrected chi connectivity index (χ2v) is 2.24.